The molecule has 6 aromatic rings. The lowest BCUT2D eigenvalue weighted by atomic mass is 9.97. The molecule has 0 aliphatic heterocycles. The van der Waals surface area contributed by atoms with Crippen molar-refractivity contribution in [2.45, 2.75) is 0 Å². The van der Waals surface area contributed by atoms with Crippen LogP contribution < -0.4 is 0 Å². The fraction of sp³-hybridized carbons (Fsp3) is 0. The van der Waals surface area contributed by atoms with Gasteiger partial charge >= 0.3 is 0 Å². The number of hydrogen-bond donors (Lipinski definition) is 0. The van der Waals surface area contributed by atoms with Crippen LogP contribution in [0.3, 0.4) is 0 Å². The zero-order valence-electron chi connectivity index (χ0n) is 15.8. The third-order valence-corrected chi connectivity index (χ3v) is 5.64. The quantitative estimate of drug-likeness (QED) is 0.222. The molecule has 0 bridgehead atoms. The van der Waals surface area contributed by atoms with Crippen molar-refractivity contribution >= 4 is 55.4 Å². The summed E-state index contributed by atoms with van der Waals surface area (Å²) in [6.45, 7) is 0. The molecule has 0 saturated carbocycles. The summed E-state index contributed by atoms with van der Waals surface area (Å²) in [7, 11) is 0. The lowest BCUT2D eigenvalue weighted by Gasteiger charge is -2.07. The van der Waals surface area contributed by atoms with Gasteiger partial charge in [-0.1, -0.05) is 78.9 Å². The molecule has 5 aromatic carbocycles. The SMILES string of the molecule is C(=Cc1cc2c(ccc3c4cc5ccccc5cc4ccc23)o1)c1ccccc1. The molecule has 1 aromatic heterocycles. The lowest BCUT2D eigenvalue weighted by Crippen LogP contribution is -1.80. The fourth-order valence-electron chi connectivity index (χ4n) is 4.19. The number of rotatable bonds is 2. The molecule has 6 rings (SSSR count). The Bertz CT molecular complexity index is 1530. The first-order valence-corrected chi connectivity index (χ1v) is 9.86. The molecule has 0 aliphatic carbocycles. The van der Waals surface area contributed by atoms with E-state index in [1.165, 1.54) is 32.3 Å². The van der Waals surface area contributed by atoms with Gasteiger partial charge in [0.1, 0.15) is 11.3 Å². The first-order valence-electron chi connectivity index (χ1n) is 9.86. The molecular formula is C28H18O. The van der Waals surface area contributed by atoms with Gasteiger partial charge in [0, 0.05) is 5.39 Å². The van der Waals surface area contributed by atoms with Crippen molar-refractivity contribution in [2.24, 2.45) is 0 Å². The molecule has 1 heteroatoms. The Morgan fingerprint density at radius 1 is 0.483 bits per heavy atom. The highest BCUT2D eigenvalue weighted by Gasteiger charge is 2.09. The van der Waals surface area contributed by atoms with Crippen molar-refractivity contribution in [2.75, 3.05) is 0 Å². The summed E-state index contributed by atoms with van der Waals surface area (Å²) in [6.07, 6.45) is 4.12. The Balaban J connectivity index is 1.55. The van der Waals surface area contributed by atoms with Crippen LogP contribution in [0.2, 0.25) is 0 Å². The summed E-state index contributed by atoms with van der Waals surface area (Å²) in [6, 6.07) is 34.3. The van der Waals surface area contributed by atoms with Gasteiger partial charge in [-0.05, 0) is 68.2 Å². The zero-order valence-corrected chi connectivity index (χ0v) is 15.8. The van der Waals surface area contributed by atoms with E-state index in [0.717, 1.165) is 22.3 Å². The first-order chi connectivity index (χ1) is 14.3. The molecule has 0 atom stereocenters. The Kier molecular flexibility index (Phi) is 3.54. The second-order valence-electron chi connectivity index (χ2n) is 7.45. The van der Waals surface area contributed by atoms with Gasteiger partial charge in [-0.15, -0.1) is 0 Å². The maximum absolute atomic E-state index is 6.09. The van der Waals surface area contributed by atoms with E-state index in [0.29, 0.717) is 0 Å². The highest BCUT2D eigenvalue weighted by atomic mass is 16.3. The smallest absolute Gasteiger partial charge is 0.135 e. The molecule has 29 heavy (non-hydrogen) atoms. The predicted octanol–water partition coefficient (Wildman–Crippen LogP) is 8.06. The van der Waals surface area contributed by atoms with Gasteiger partial charge in [-0.3, -0.25) is 0 Å². The van der Waals surface area contributed by atoms with Gasteiger partial charge in [0.05, 0.1) is 0 Å². The molecule has 1 heterocycles. The number of fused-ring (bicyclic) bond motifs is 6. The van der Waals surface area contributed by atoms with E-state index in [4.69, 9.17) is 4.42 Å². The van der Waals surface area contributed by atoms with E-state index in [2.05, 4.69) is 84.9 Å². The van der Waals surface area contributed by atoms with Crippen LogP contribution in [0.15, 0.2) is 101 Å². The lowest BCUT2D eigenvalue weighted by molar-refractivity contribution is 0.605. The number of benzene rings is 5. The van der Waals surface area contributed by atoms with Crippen LogP contribution in [0.25, 0.3) is 55.4 Å². The molecule has 1 nitrogen and oxygen atoms in total. The van der Waals surface area contributed by atoms with Crippen LogP contribution in [0.1, 0.15) is 11.3 Å². The first kappa shape index (κ1) is 16.1. The van der Waals surface area contributed by atoms with E-state index in [1.807, 2.05) is 24.3 Å². The van der Waals surface area contributed by atoms with E-state index in [1.54, 1.807) is 0 Å². The summed E-state index contributed by atoms with van der Waals surface area (Å²) >= 11 is 0. The van der Waals surface area contributed by atoms with Crippen molar-refractivity contribution < 1.29 is 4.42 Å². The van der Waals surface area contributed by atoms with E-state index >= 15 is 0 Å². The van der Waals surface area contributed by atoms with Crippen LogP contribution in [0.5, 0.6) is 0 Å². The molecule has 0 N–H and O–H groups in total. The molecule has 0 radical (unpaired) electrons. The van der Waals surface area contributed by atoms with Crippen molar-refractivity contribution in [3.05, 3.63) is 108 Å². The van der Waals surface area contributed by atoms with Gasteiger partial charge in [-0.25, -0.2) is 0 Å². The Morgan fingerprint density at radius 2 is 1.21 bits per heavy atom. The van der Waals surface area contributed by atoms with Gasteiger partial charge in [-0.2, -0.15) is 0 Å². The third-order valence-electron chi connectivity index (χ3n) is 5.64. The van der Waals surface area contributed by atoms with Gasteiger partial charge < -0.3 is 4.42 Å². The summed E-state index contributed by atoms with van der Waals surface area (Å²) in [5.41, 5.74) is 2.08. The van der Waals surface area contributed by atoms with E-state index in [9.17, 15) is 0 Å². The van der Waals surface area contributed by atoms with Crippen molar-refractivity contribution in [1.82, 2.24) is 0 Å². The molecule has 136 valence electrons. The maximum Gasteiger partial charge on any atom is 0.135 e. The van der Waals surface area contributed by atoms with Gasteiger partial charge in [0.25, 0.3) is 0 Å². The van der Waals surface area contributed by atoms with Crippen molar-refractivity contribution in [1.29, 1.82) is 0 Å². The molecule has 0 spiro atoms. The summed E-state index contributed by atoms with van der Waals surface area (Å²) < 4.78 is 6.09. The van der Waals surface area contributed by atoms with Gasteiger partial charge in [0.15, 0.2) is 0 Å². The van der Waals surface area contributed by atoms with Crippen LogP contribution >= 0.6 is 0 Å². The topological polar surface area (TPSA) is 13.1 Å². The molecule has 0 fully saturated rings. The second kappa shape index (κ2) is 6.35. The van der Waals surface area contributed by atoms with E-state index < -0.39 is 0 Å². The Morgan fingerprint density at radius 3 is 2.07 bits per heavy atom. The Labute approximate surface area is 168 Å². The average molecular weight is 370 g/mol. The average Bonchev–Trinajstić information content (AvgIpc) is 3.20. The van der Waals surface area contributed by atoms with E-state index in [-0.39, 0.29) is 0 Å². The molecule has 0 amide bonds. The van der Waals surface area contributed by atoms with Crippen molar-refractivity contribution in [3.63, 3.8) is 0 Å². The largest absolute Gasteiger partial charge is 0.457 e. The van der Waals surface area contributed by atoms with Crippen LogP contribution in [-0.2, 0) is 0 Å². The highest BCUT2D eigenvalue weighted by Crippen LogP contribution is 2.35. The van der Waals surface area contributed by atoms with Crippen LogP contribution in [0, 0.1) is 0 Å². The normalized spacial score (nSPS) is 12.0. The predicted molar refractivity (Wildman–Crippen MR) is 124 cm³/mol. The summed E-state index contributed by atoms with van der Waals surface area (Å²) in [5.74, 6) is 0.870. The zero-order chi connectivity index (χ0) is 19.2. The molecule has 0 unspecified atom stereocenters. The van der Waals surface area contributed by atoms with Crippen LogP contribution in [0.4, 0.5) is 0 Å². The number of hydrogen-bond acceptors (Lipinski definition) is 1. The minimum absolute atomic E-state index is 0.870. The minimum Gasteiger partial charge on any atom is -0.457 e. The Hall–Kier alpha value is -3.84. The molecule has 0 saturated heterocycles. The minimum atomic E-state index is 0.870. The maximum atomic E-state index is 6.09. The van der Waals surface area contributed by atoms with Crippen LogP contribution in [-0.4, -0.2) is 0 Å². The monoisotopic (exact) mass is 370 g/mol. The standard InChI is InChI=1S/C28H18O/c1-2-6-19(7-3-1)10-12-23-18-27-25-13-11-22-16-20-8-4-5-9-21(20)17-26(22)24(25)14-15-28(27)29-23/h1-18H. The fourth-order valence-corrected chi connectivity index (χ4v) is 4.19. The third kappa shape index (κ3) is 2.71. The highest BCUT2D eigenvalue weighted by molar-refractivity contribution is 6.18. The number of furan rings is 1. The summed E-state index contributed by atoms with van der Waals surface area (Å²) in [4.78, 5) is 0. The molecular weight excluding hydrogens is 352 g/mol. The van der Waals surface area contributed by atoms with Crippen molar-refractivity contribution in [3.8, 4) is 0 Å². The molecule has 0 aliphatic rings. The second-order valence-corrected chi connectivity index (χ2v) is 7.45. The van der Waals surface area contributed by atoms with Gasteiger partial charge in [0.2, 0.25) is 0 Å². The summed E-state index contributed by atoms with van der Waals surface area (Å²) in [5, 5.41) is 8.75.